The molecule has 0 radical (unpaired) electrons. The van der Waals surface area contributed by atoms with Gasteiger partial charge in [0.2, 0.25) is 0 Å². The largest absolute Gasteiger partial charge is 0.508 e. The molecule has 0 unspecified atom stereocenters. The lowest BCUT2D eigenvalue weighted by molar-refractivity contribution is 0.0609. The van der Waals surface area contributed by atoms with Crippen molar-refractivity contribution in [3.05, 3.63) is 88.3 Å². The lowest BCUT2D eigenvalue weighted by atomic mass is 9.93. The van der Waals surface area contributed by atoms with Crippen molar-refractivity contribution < 1.29 is 14.7 Å². The van der Waals surface area contributed by atoms with Crippen LogP contribution in [0.3, 0.4) is 0 Å². The molecule has 0 fully saturated rings. The molecule has 10 heteroatoms. The quantitative estimate of drug-likeness (QED) is 0.102. The third-order valence-corrected chi connectivity index (χ3v) is 8.34. The second-order valence-corrected chi connectivity index (χ2v) is 11.1. The number of carbonyl (C=O) groups is 2. The third-order valence-electron chi connectivity index (χ3n) is 8.34. The highest BCUT2D eigenvalue weighted by molar-refractivity contribution is 6.26. The van der Waals surface area contributed by atoms with E-state index in [1.807, 2.05) is 35.7 Å². The first kappa shape index (κ1) is 26.7. The fraction of sp³-hybridized carbons (Fsp3) is 0.212. The Morgan fingerprint density at radius 2 is 1.74 bits per heavy atom. The first-order chi connectivity index (χ1) is 20.8. The van der Waals surface area contributed by atoms with Crippen molar-refractivity contribution in [2.75, 3.05) is 43.9 Å². The van der Waals surface area contributed by atoms with Gasteiger partial charge in [-0.2, -0.15) is 0 Å². The summed E-state index contributed by atoms with van der Waals surface area (Å²) < 4.78 is 1.91. The maximum Gasteiger partial charge on any atom is 0.261 e. The Kier molecular flexibility index (Phi) is 6.36. The average molecular weight is 575 g/mol. The van der Waals surface area contributed by atoms with Gasteiger partial charge in [0.15, 0.2) is 5.43 Å². The van der Waals surface area contributed by atoms with Crippen LogP contribution in [-0.2, 0) is 0 Å². The van der Waals surface area contributed by atoms with Crippen LogP contribution in [0.4, 0.5) is 11.4 Å². The standard InChI is InChI=1S/C33H30N6O4/c1-37(27-10-8-25-30-29(27)31(41)23-17-21(40)7-9-26(23)39(30)18-36-25)13-3-11-35-12-4-14-38-32(42)22-6-2-5-19-15-20(34)16-24(28(19)22)33(38)43/h2,5-10,15-18,35,40H,3-4,11-14,34H2,1H3. The van der Waals surface area contributed by atoms with Crippen molar-refractivity contribution in [3.63, 3.8) is 0 Å². The molecule has 2 amide bonds. The minimum atomic E-state index is -0.308. The number of rotatable bonds is 9. The summed E-state index contributed by atoms with van der Waals surface area (Å²) in [7, 11) is 1.96. The normalized spacial score (nSPS) is 13.3. The number of carbonyl (C=O) groups excluding carboxylic acids is 2. The highest BCUT2D eigenvalue weighted by atomic mass is 16.3. The van der Waals surface area contributed by atoms with Gasteiger partial charge in [-0.3, -0.25) is 23.7 Å². The van der Waals surface area contributed by atoms with Crippen molar-refractivity contribution in [3.8, 4) is 5.75 Å². The predicted octanol–water partition coefficient (Wildman–Crippen LogP) is 3.98. The summed E-state index contributed by atoms with van der Waals surface area (Å²) in [5.74, 6) is -0.536. The van der Waals surface area contributed by atoms with Crippen LogP contribution in [0.25, 0.3) is 38.1 Å². The van der Waals surface area contributed by atoms with Crippen LogP contribution < -0.4 is 21.4 Å². The summed E-state index contributed by atoms with van der Waals surface area (Å²) in [6.07, 6.45) is 3.14. The van der Waals surface area contributed by atoms with E-state index in [9.17, 15) is 19.5 Å². The Morgan fingerprint density at radius 1 is 0.930 bits per heavy atom. The predicted molar refractivity (Wildman–Crippen MR) is 168 cm³/mol. The number of phenolic OH excluding ortho intramolecular Hbond substituents is 1. The van der Waals surface area contributed by atoms with E-state index in [1.54, 1.807) is 36.7 Å². The fourth-order valence-electron chi connectivity index (χ4n) is 6.30. The van der Waals surface area contributed by atoms with Crippen molar-refractivity contribution in [2.24, 2.45) is 0 Å². The maximum atomic E-state index is 13.6. The molecule has 0 saturated carbocycles. The summed E-state index contributed by atoms with van der Waals surface area (Å²) in [4.78, 5) is 47.8. The summed E-state index contributed by atoms with van der Waals surface area (Å²) in [6, 6.07) is 17.5. The molecule has 0 saturated heterocycles. The monoisotopic (exact) mass is 574 g/mol. The van der Waals surface area contributed by atoms with Crippen molar-refractivity contribution in [1.29, 1.82) is 0 Å². The van der Waals surface area contributed by atoms with E-state index in [0.29, 0.717) is 64.5 Å². The molecule has 0 bridgehead atoms. The molecule has 3 heterocycles. The Hall–Kier alpha value is -5.22. The highest BCUT2D eigenvalue weighted by Gasteiger charge is 2.32. The molecule has 4 N–H and O–H groups in total. The van der Waals surface area contributed by atoms with Gasteiger partial charge >= 0.3 is 0 Å². The van der Waals surface area contributed by atoms with Gasteiger partial charge < -0.3 is 21.1 Å². The Morgan fingerprint density at radius 3 is 2.60 bits per heavy atom. The van der Waals surface area contributed by atoms with Gasteiger partial charge in [0.05, 0.1) is 32.9 Å². The zero-order chi connectivity index (χ0) is 29.8. The number of aromatic nitrogens is 2. The molecule has 1 aliphatic heterocycles. The summed E-state index contributed by atoms with van der Waals surface area (Å²) in [6.45, 7) is 2.38. The number of phenols is 1. The van der Waals surface area contributed by atoms with Gasteiger partial charge in [-0.1, -0.05) is 12.1 Å². The Bertz CT molecular complexity index is 2140. The molecule has 1 aliphatic rings. The zero-order valence-electron chi connectivity index (χ0n) is 23.6. The van der Waals surface area contributed by atoms with E-state index in [-0.39, 0.29) is 23.0 Å². The topological polar surface area (TPSA) is 133 Å². The SMILES string of the molecule is CN(CCCNCCCN1C(=O)c2cccc3cc(N)cc(c23)C1=O)c1ccc2ncn3c4ccc(O)cc4c(=O)c1c23. The van der Waals surface area contributed by atoms with Gasteiger partial charge in [0, 0.05) is 42.5 Å². The van der Waals surface area contributed by atoms with Gasteiger partial charge in [-0.15, -0.1) is 0 Å². The number of imide groups is 1. The number of nitrogens with one attached hydrogen (secondary N) is 1. The van der Waals surface area contributed by atoms with Crippen LogP contribution in [0.2, 0.25) is 0 Å². The number of hydrogen-bond donors (Lipinski definition) is 3. The van der Waals surface area contributed by atoms with Gasteiger partial charge in [-0.25, -0.2) is 4.98 Å². The number of pyridine rings is 1. The van der Waals surface area contributed by atoms with Crippen LogP contribution >= 0.6 is 0 Å². The van der Waals surface area contributed by atoms with Crippen molar-refractivity contribution >= 4 is 61.3 Å². The van der Waals surface area contributed by atoms with Gasteiger partial charge in [0.1, 0.15) is 12.1 Å². The molecule has 216 valence electrons. The van der Waals surface area contributed by atoms with Gasteiger partial charge in [-0.05, 0) is 79.8 Å². The molecule has 2 aromatic heterocycles. The number of imidazole rings is 1. The number of amides is 2. The molecule has 10 nitrogen and oxygen atoms in total. The van der Waals surface area contributed by atoms with Crippen LogP contribution in [-0.4, -0.2) is 64.4 Å². The number of nitrogens with zero attached hydrogens (tertiary/aromatic N) is 4. The van der Waals surface area contributed by atoms with E-state index < -0.39 is 0 Å². The lowest BCUT2D eigenvalue weighted by Gasteiger charge is -2.27. The average Bonchev–Trinajstić information content (AvgIpc) is 3.43. The smallest absolute Gasteiger partial charge is 0.261 e. The number of nitrogen functional groups attached to an aromatic ring is 1. The molecular formula is C33H30N6O4. The number of aromatic hydroxyl groups is 1. The van der Waals surface area contributed by atoms with E-state index in [2.05, 4.69) is 15.2 Å². The number of nitrogens with two attached hydrogens (primary N) is 1. The number of hydrogen-bond acceptors (Lipinski definition) is 8. The summed E-state index contributed by atoms with van der Waals surface area (Å²) in [5, 5.41) is 15.9. The van der Waals surface area contributed by atoms with Crippen LogP contribution in [0.1, 0.15) is 33.6 Å². The highest BCUT2D eigenvalue weighted by Crippen LogP contribution is 2.33. The van der Waals surface area contributed by atoms with Crippen LogP contribution in [0.15, 0.2) is 71.8 Å². The Labute approximate surface area is 246 Å². The lowest BCUT2D eigenvalue weighted by Crippen LogP contribution is -2.41. The van der Waals surface area contributed by atoms with E-state index >= 15 is 0 Å². The maximum absolute atomic E-state index is 13.6. The summed E-state index contributed by atoms with van der Waals surface area (Å²) >= 11 is 0. The van der Waals surface area contributed by atoms with E-state index in [4.69, 9.17) is 5.73 Å². The molecule has 0 aliphatic carbocycles. The Balaban J connectivity index is 0.979. The number of anilines is 2. The van der Waals surface area contributed by atoms with Crippen molar-refractivity contribution in [2.45, 2.75) is 12.8 Å². The summed E-state index contributed by atoms with van der Waals surface area (Å²) in [5.41, 5.74) is 10.4. The van der Waals surface area contributed by atoms with E-state index in [1.165, 1.54) is 11.0 Å². The fourth-order valence-corrected chi connectivity index (χ4v) is 6.30. The first-order valence-corrected chi connectivity index (χ1v) is 14.3. The second kappa shape index (κ2) is 10.2. The second-order valence-electron chi connectivity index (χ2n) is 11.1. The molecule has 7 rings (SSSR count). The minimum absolute atomic E-state index is 0.0460. The number of benzene rings is 4. The van der Waals surface area contributed by atoms with Crippen LogP contribution in [0.5, 0.6) is 5.75 Å². The van der Waals surface area contributed by atoms with Gasteiger partial charge in [0.25, 0.3) is 11.8 Å². The minimum Gasteiger partial charge on any atom is -0.508 e. The number of fused-ring (bicyclic) bond motifs is 2. The first-order valence-electron chi connectivity index (χ1n) is 14.3. The molecule has 43 heavy (non-hydrogen) atoms. The van der Waals surface area contributed by atoms with E-state index in [0.717, 1.165) is 35.1 Å². The zero-order valence-corrected chi connectivity index (χ0v) is 23.6. The molecule has 6 aromatic rings. The molecule has 0 atom stereocenters. The molecule has 4 aromatic carbocycles. The molecule has 0 spiro atoms. The van der Waals surface area contributed by atoms with Crippen molar-refractivity contribution in [1.82, 2.24) is 19.6 Å². The molecular weight excluding hydrogens is 544 g/mol. The van der Waals surface area contributed by atoms with Crippen LogP contribution in [0, 0.1) is 0 Å². The third kappa shape index (κ3) is 4.29.